The predicted octanol–water partition coefficient (Wildman–Crippen LogP) is 1.63. The SMILES string of the molecule is CCC1CCN(CCC/C(N)=N/O)CC1. The fraction of sp³-hybridized carbons (Fsp3) is 0.909. The summed E-state index contributed by atoms with van der Waals surface area (Å²) in [5.41, 5.74) is 5.41. The van der Waals surface area contributed by atoms with Gasteiger partial charge in [-0.3, -0.25) is 0 Å². The van der Waals surface area contributed by atoms with Crippen LogP contribution in [0.3, 0.4) is 0 Å². The van der Waals surface area contributed by atoms with Gasteiger partial charge in [0.1, 0.15) is 5.84 Å². The molecule has 3 N–H and O–H groups in total. The Morgan fingerprint density at radius 1 is 1.47 bits per heavy atom. The molecule has 15 heavy (non-hydrogen) atoms. The molecule has 1 heterocycles. The van der Waals surface area contributed by atoms with Crippen LogP contribution in [0.4, 0.5) is 0 Å². The zero-order valence-electron chi connectivity index (χ0n) is 9.65. The molecule has 1 aliphatic rings. The van der Waals surface area contributed by atoms with E-state index in [1.807, 2.05) is 0 Å². The number of hydrogen-bond acceptors (Lipinski definition) is 3. The molecule has 0 aromatic carbocycles. The molecule has 4 heteroatoms. The Balaban J connectivity index is 2.08. The van der Waals surface area contributed by atoms with Crippen LogP contribution in [0, 0.1) is 5.92 Å². The van der Waals surface area contributed by atoms with Crippen LogP contribution in [0.2, 0.25) is 0 Å². The van der Waals surface area contributed by atoms with Gasteiger partial charge in [-0.2, -0.15) is 0 Å². The third-order valence-electron chi connectivity index (χ3n) is 3.32. The quantitative estimate of drug-likeness (QED) is 0.316. The lowest BCUT2D eigenvalue weighted by atomic mass is 9.94. The summed E-state index contributed by atoms with van der Waals surface area (Å²) in [5.74, 6) is 1.28. The fourth-order valence-electron chi connectivity index (χ4n) is 2.15. The monoisotopic (exact) mass is 213 g/mol. The predicted molar refractivity (Wildman–Crippen MR) is 62.1 cm³/mol. The minimum absolute atomic E-state index is 0.346. The van der Waals surface area contributed by atoms with Crippen molar-refractivity contribution in [3.8, 4) is 0 Å². The van der Waals surface area contributed by atoms with Crippen LogP contribution in [-0.4, -0.2) is 35.6 Å². The van der Waals surface area contributed by atoms with E-state index in [0.29, 0.717) is 12.3 Å². The second-order valence-electron chi connectivity index (χ2n) is 4.39. The van der Waals surface area contributed by atoms with Gasteiger partial charge in [0.05, 0.1) is 0 Å². The van der Waals surface area contributed by atoms with E-state index in [0.717, 1.165) is 18.9 Å². The van der Waals surface area contributed by atoms with Crippen LogP contribution in [0.15, 0.2) is 5.16 Å². The van der Waals surface area contributed by atoms with E-state index in [2.05, 4.69) is 17.0 Å². The first kappa shape index (κ1) is 12.3. The van der Waals surface area contributed by atoms with Gasteiger partial charge in [0, 0.05) is 6.42 Å². The highest BCUT2D eigenvalue weighted by atomic mass is 16.4. The topological polar surface area (TPSA) is 61.8 Å². The Morgan fingerprint density at radius 3 is 2.67 bits per heavy atom. The highest BCUT2D eigenvalue weighted by Gasteiger charge is 2.16. The molecule has 0 aromatic rings. The molecular formula is C11H23N3O. The molecular weight excluding hydrogens is 190 g/mol. The molecule has 0 spiro atoms. The van der Waals surface area contributed by atoms with Gasteiger partial charge in [0.25, 0.3) is 0 Å². The average molecular weight is 213 g/mol. The van der Waals surface area contributed by atoms with Crippen LogP contribution in [0.1, 0.15) is 39.0 Å². The van der Waals surface area contributed by atoms with Gasteiger partial charge in [0.2, 0.25) is 0 Å². The molecule has 0 radical (unpaired) electrons. The maximum atomic E-state index is 8.39. The third kappa shape index (κ3) is 4.51. The summed E-state index contributed by atoms with van der Waals surface area (Å²) >= 11 is 0. The number of rotatable bonds is 5. The lowest BCUT2D eigenvalue weighted by Crippen LogP contribution is -2.34. The van der Waals surface area contributed by atoms with Crippen LogP contribution >= 0.6 is 0 Å². The molecule has 1 aliphatic heterocycles. The number of likely N-dealkylation sites (tertiary alicyclic amines) is 1. The van der Waals surface area contributed by atoms with Crippen LogP contribution in [0.5, 0.6) is 0 Å². The number of amidine groups is 1. The summed E-state index contributed by atoms with van der Waals surface area (Å²) in [5, 5.41) is 11.4. The minimum atomic E-state index is 0.346. The van der Waals surface area contributed by atoms with E-state index in [1.54, 1.807) is 0 Å². The Hall–Kier alpha value is -0.770. The zero-order valence-corrected chi connectivity index (χ0v) is 9.65. The molecule has 0 unspecified atom stereocenters. The summed E-state index contributed by atoms with van der Waals surface area (Å²) in [4.78, 5) is 2.48. The molecule has 4 nitrogen and oxygen atoms in total. The summed E-state index contributed by atoms with van der Waals surface area (Å²) in [6, 6.07) is 0. The van der Waals surface area contributed by atoms with Crippen molar-refractivity contribution in [1.82, 2.24) is 4.90 Å². The molecule has 0 saturated carbocycles. The number of nitrogens with zero attached hydrogens (tertiary/aromatic N) is 2. The van der Waals surface area contributed by atoms with Crippen molar-refractivity contribution in [3.05, 3.63) is 0 Å². The molecule has 1 saturated heterocycles. The summed E-state index contributed by atoms with van der Waals surface area (Å²) in [6.45, 7) is 5.79. The van der Waals surface area contributed by atoms with Gasteiger partial charge in [0.15, 0.2) is 0 Å². The Kier molecular flexibility index (Phi) is 5.47. The lowest BCUT2D eigenvalue weighted by molar-refractivity contribution is 0.181. The molecule has 0 aliphatic carbocycles. The number of nitrogens with two attached hydrogens (primary N) is 1. The van der Waals surface area contributed by atoms with Crippen molar-refractivity contribution >= 4 is 5.84 Å². The first-order valence-electron chi connectivity index (χ1n) is 5.95. The van der Waals surface area contributed by atoms with Gasteiger partial charge < -0.3 is 15.8 Å². The van der Waals surface area contributed by atoms with Gasteiger partial charge in [-0.15, -0.1) is 0 Å². The van der Waals surface area contributed by atoms with Crippen molar-refractivity contribution in [2.45, 2.75) is 39.0 Å². The Bertz CT molecular complexity index is 198. The van der Waals surface area contributed by atoms with Crippen LogP contribution in [0.25, 0.3) is 0 Å². The molecule has 0 aromatic heterocycles. The maximum Gasteiger partial charge on any atom is 0.139 e. The first-order valence-corrected chi connectivity index (χ1v) is 5.95. The van der Waals surface area contributed by atoms with Crippen LogP contribution < -0.4 is 5.73 Å². The van der Waals surface area contributed by atoms with E-state index in [4.69, 9.17) is 10.9 Å². The molecule has 88 valence electrons. The smallest absolute Gasteiger partial charge is 0.139 e. The largest absolute Gasteiger partial charge is 0.409 e. The highest BCUT2D eigenvalue weighted by molar-refractivity contribution is 5.79. The molecule has 0 bridgehead atoms. The van der Waals surface area contributed by atoms with Crippen molar-refractivity contribution in [3.63, 3.8) is 0 Å². The lowest BCUT2D eigenvalue weighted by Gasteiger charge is -2.31. The van der Waals surface area contributed by atoms with Crippen LogP contribution in [-0.2, 0) is 0 Å². The van der Waals surface area contributed by atoms with Crippen molar-refractivity contribution < 1.29 is 5.21 Å². The molecule has 0 amide bonds. The van der Waals surface area contributed by atoms with Crippen molar-refractivity contribution in [1.29, 1.82) is 0 Å². The van der Waals surface area contributed by atoms with Gasteiger partial charge in [-0.1, -0.05) is 18.5 Å². The number of piperidine rings is 1. The first-order chi connectivity index (χ1) is 7.26. The molecule has 1 fully saturated rings. The molecule has 1 rings (SSSR count). The number of hydrogen-bond donors (Lipinski definition) is 2. The van der Waals surface area contributed by atoms with E-state index in [1.165, 1.54) is 32.4 Å². The summed E-state index contributed by atoms with van der Waals surface area (Å²) in [7, 11) is 0. The minimum Gasteiger partial charge on any atom is -0.409 e. The van der Waals surface area contributed by atoms with E-state index < -0.39 is 0 Å². The van der Waals surface area contributed by atoms with E-state index in [-0.39, 0.29) is 0 Å². The van der Waals surface area contributed by atoms with Gasteiger partial charge in [-0.05, 0) is 44.8 Å². The second-order valence-corrected chi connectivity index (χ2v) is 4.39. The molecule has 0 atom stereocenters. The van der Waals surface area contributed by atoms with Gasteiger partial charge >= 0.3 is 0 Å². The fourth-order valence-corrected chi connectivity index (χ4v) is 2.15. The maximum absolute atomic E-state index is 8.39. The Morgan fingerprint density at radius 2 is 2.13 bits per heavy atom. The Labute approximate surface area is 92.1 Å². The third-order valence-corrected chi connectivity index (χ3v) is 3.32. The zero-order chi connectivity index (χ0) is 11.1. The standard InChI is InChI=1S/C11H23N3O/c1-2-10-5-8-14(9-6-10)7-3-4-11(12)13-15/h10,15H,2-9H2,1H3,(H2,12,13). The average Bonchev–Trinajstić information content (AvgIpc) is 2.29. The van der Waals surface area contributed by atoms with E-state index in [9.17, 15) is 0 Å². The normalized spacial score (nSPS) is 20.7. The second kappa shape index (κ2) is 6.67. The van der Waals surface area contributed by atoms with Gasteiger partial charge in [-0.25, -0.2) is 0 Å². The summed E-state index contributed by atoms with van der Waals surface area (Å²) in [6.07, 6.45) is 5.68. The number of oxime groups is 1. The highest BCUT2D eigenvalue weighted by Crippen LogP contribution is 2.19. The van der Waals surface area contributed by atoms with E-state index >= 15 is 0 Å². The summed E-state index contributed by atoms with van der Waals surface area (Å²) < 4.78 is 0. The van der Waals surface area contributed by atoms with Crippen molar-refractivity contribution in [2.75, 3.05) is 19.6 Å². The van der Waals surface area contributed by atoms with Crippen molar-refractivity contribution in [2.24, 2.45) is 16.8 Å².